The summed E-state index contributed by atoms with van der Waals surface area (Å²) in [5, 5.41) is 2.75. The lowest BCUT2D eigenvalue weighted by molar-refractivity contribution is -0.118. The summed E-state index contributed by atoms with van der Waals surface area (Å²) < 4.78 is 0. The smallest absolute Gasteiger partial charge is 0.229 e. The summed E-state index contributed by atoms with van der Waals surface area (Å²) in [5.74, 6) is 0.325. The molecule has 0 radical (unpaired) electrons. The van der Waals surface area contributed by atoms with Gasteiger partial charge in [-0.15, -0.1) is 0 Å². The highest BCUT2D eigenvalue weighted by Crippen LogP contribution is 1.90. The molecule has 0 bridgehead atoms. The van der Waals surface area contributed by atoms with Crippen LogP contribution >= 0.6 is 12.6 Å². The van der Waals surface area contributed by atoms with E-state index in [9.17, 15) is 4.79 Å². The molecule has 0 aliphatic heterocycles. The van der Waals surface area contributed by atoms with Crippen molar-refractivity contribution in [3.05, 3.63) is 0 Å². The number of amides is 1. The lowest BCUT2D eigenvalue weighted by atomic mass is 10.2. The summed E-state index contributed by atoms with van der Waals surface area (Å²) in [6.45, 7) is 2.94. The quantitative estimate of drug-likeness (QED) is 0.461. The van der Waals surface area contributed by atoms with E-state index < -0.39 is 0 Å². The van der Waals surface area contributed by atoms with Crippen LogP contribution < -0.4 is 5.32 Å². The van der Waals surface area contributed by atoms with Crippen molar-refractivity contribution in [2.24, 2.45) is 0 Å². The first-order valence-electron chi connectivity index (χ1n) is 3.68. The fourth-order valence-electron chi connectivity index (χ4n) is 0.659. The second kappa shape index (κ2) is 6.93. The first-order chi connectivity index (χ1) is 4.81. The van der Waals surface area contributed by atoms with Gasteiger partial charge in [0, 0.05) is 6.54 Å². The Kier molecular flexibility index (Phi) is 6.81. The number of nitrogens with one attached hydrogen (secondary N) is 1. The predicted octanol–water partition coefficient (Wildman–Crippen LogP) is 1.22. The zero-order valence-electron chi connectivity index (χ0n) is 6.39. The van der Waals surface area contributed by atoms with Gasteiger partial charge >= 0.3 is 0 Å². The van der Waals surface area contributed by atoms with Crippen LogP contribution in [0.15, 0.2) is 0 Å². The van der Waals surface area contributed by atoms with Crippen LogP contribution in [0.4, 0.5) is 0 Å². The third-order valence-corrected chi connectivity index (χ3v) is 1.53. The van der Waals surface area contributed by atoms with Crippen molar-refractivity contribution in [3.63, 3.8) is 0 Å². The molecule has 0 unspecified atom stereocenters. The van der Waals surface area contributed by atoms with Crippen molar-refractivity contribution in [2.75, 3.05) is 12.3 Å². The number of carbonyl (C=O) groups excluding carboxylic acids is 1. The first kappa shape index (κ1) is 9.82. The molecule has 0 heterocycles. The molecule has 0 aromatic carbocycles. The molecule has 3 heteroatoms. The van der Waals surface area contributed by atoms with Gasteiger partial charge in [0.2, 0.25) is 5.91 Å². The van der Waals surface area contributed by atoms with Crippen LogP contribution in [-0.4, -0.2) is 18.2 Å². The van der Waals surface area contributed by atoms with Crippen molar-refractivity contribution in [1.82, 2.24) is 5.32 Å². The van der Waals surface area contributed by atoms with Crippen molar-refractivity contribution in [2.45, 2.75) is 26.2 Å². The number of hydrogen-bond acceptors (Lipinski definition) is 2. The Labute approximate surface area is 67.8 Å². The minimum Gasteiger partial charge on any atom is -0.355 e. The van der Waals surface area contributed by atoms with Crippen LogP contribution in [0.25, 0.3) is 0 Å². The van der Waals surface area contributed by atoms with Crippen molar-refractivity contribution < 1.29 is 4.79 Å². The molecule has 0 fully saturated rings. The molecule has 60 valence electrons. The molecule has 0 saturated carbocycles. The second-order valence-corrected chi connectivity index (χ2v) is 2.53. The fourth-order valence-corrected chi connectivity index (χ4v) is 0.771. The summed E-state index contributed by atoms with van der Waals surface area (Å²) in [5.41, 5.74) is 0. The second-order valence-electron chi connectivity index (χ2n) is 2.22. The molecule has 0 aromatic rings. The van der Waals surface area contributed by atoms with Gasteiger partial charge in [-0.1, -0.05) is 19.8 Å². The number of hydrogen-bond donors (Lipinski definition) is 2. The van der Waals surface area contributed by atoms with Crippen LogP contribution in [0.1, 0.15) is 26.2 Å². The van der Waals surface area contributed by atoms with Gasteiger partial charge in [0.25, 0.3) is 0 Å². The predicted molar refractivity (Wildman–Crippen MR) is 46.4 cm³/mol. The lowest BCUT2D eigenvalue weighted by Gasteiger charge is -2.00. The van der Waals surface area contributed by atoms with Crippen LogP contribution in [0, 0.1) is 0 Å². The van der Waals surface area contributed by atoms with Crippen molar-refractivity contribution in [1.29, 1.82) is 0 Å². The molecular formula is C7H15NOS. The number of thiol groups is 1. The topological polar surface area (TPSA) is 29.1 Å². The molecule has 1 amide bonds. The fraction of sp³-hybridized carbons (Fsp3) is 0.857. The number of unbranched alkanes of at least 4 members (excludes halogenated alkanes) is 2. The largest absolute Gasteiger partial charge is 0.355 e. The molecule has 2 nitrogen and oxygen atoms in total. The maximum absolute atomic E-state index is 10.6. The van der Waals surface area contributed by atoms with Crippen molar-refractivity contribution in [3.8, 4) is 0 Å². The molecule has 1 N–H and O–H groups in total. The highest BCUT2D eigenvalue weighted by Gasteiger charge is 1.93. The zero-order valence-corrected chi connectivity index (χ0v) is 7.29. The Balaban J connectivity index is 2.96. The van der Waals surface area contributed by atoms with Gasteiger partial charge in [0.1, 0.15) is 0 Å². The monoisotopic (exact) mass is 161 g/mol. The van der Waals surface area contributed by atoms with Crippen LogP contribution in [0.2, 0.25) is 0 Å². The maximum Gasteiger partial charge on any atom is 0.229 e. The van der Waals surface area contributed by atoms with Gasteiger partial charge in [-0.05, 0) is 6.42 Å². The third-order valence-electron chi connectivity index (χ3n) is 1.25. The normalized spacial score (nSPS) is 9.40. The molecule has 0 rings (SSSR count). The standard InChI is InChI=1S/C7H15NOS/c1-2-3-4-5-8-7(9)6-10/h10H,2-6H2,1H3,(H,8,9). The molecule has 0 aliphatic rings. The Morgan fingerprint density at radius 1 is 1.50 bits per heavy atom. The summed E-state index contributed by atoms with van der Waals surface area (Å²) in [4.78, 5) is 10.6. The minimum atomic E-state index is 0.0273. The Hall–Kier alpha value is -0.180. The third kappa shape index (κ3) is 5.95. The molecule has 0 aromatic heterocycles. The molecular weight excluding hydrogens is 146 g/mol. The summed E-state index contributed by atoms with van der Waals surface area (Å²) >= 11 is 3.83. The highest BCUT2D eigenvalue weighted by atomic mass is 32.1. The molecule has 0 aliphatic carbocycles. The van der Waals surface area contributed by atoms with Gasteiger partial charge in [-0.2, -0.15) is 12.6 Å². The summed E-state index contributed by atoms with van der Waals surface area (Å²) in [6, 6.07) is 0. The van der Waals surface area contributed by atoms with E-state index >= 15 is 0 Å². The Morgan fingerprint density at radius 3 is 2.70 bits per heavy atom. The maximum atomic E-state index is 10.6. The molecule has 0 saturated heterocycles. The highest BCUT2D eigenvalue weighted by molar-refractivity contribution is 7.81. The molecule has 10 heavy (non-hydrogen) atoms. The van der Waals surface area contributed by atoms with E-state index in [2.05, 4.69) is 24.9 Å². The van der Waals surface area contributed by atoms with Gasteiger partial charge < -0.3 is 5.32 Å². The van der Waals surface area contributed by atoms with Crippen molar-refractivity contribution >= 4 is 18.5 Å². The Bertz CT molecular complexity index is 95.6. The van der Waals surface area contributed by atoms with E-state index in [1.807, 2.05) is 0 Å². The van der Waals surface area contributed by atoms with E-state index in [0.717, 1.165) is 13.0 Å². The van der Waals surface area contributed by atoms with Crippen LogP contribution in [-0.2, 0) is 4.79 Å². The SMILES string of the molecule is CCCCCNC(=O)CS. The van der Waals surface area contributed by atoms with Gasteiger partial charge in [-0.25, -0.2) is 0 Å². The lowest BCUT2D eigenvalue weighted by Crippen LogP contribution is -2.25. The summed E-state index contributed by atoms with van der Waals surface area (Å²) in [6.07, 6.45) is 3.46. The zero-order chi connectivity index (χ0) is 7.82. The average molecular weight is 161 g/mol. The number of rotatable bonds is 5. The first-order valence-corrected chi connectivity index (χ1v) is 4.32. The van der Waals surface area contributed by atoms with Gasteiger partial charge in [0.05, 0.1) is 5.75 Å². The van der Waals surface area contributed by atoms with E-state index in [-0.39, 0.29) is 5.91 Å². The summed E-state index contributed by atoms with van der Waals surface area (Å²) in [7, 11) is 0. The molecule has 0 spiro atoms. The van der Waals surface area contributed by atoms with Crippen LogP contribution in [0.5, 0.6) is 0 Å². The number of carbonyl (C=O) groups is 1. The van der Waals surface area contributed by atoms with E-state index in [0.29, 0.717) is 5.75 Å². The van der Waals surface area contributed by atoms with E-state index in [4.69, 9.17) is 0 Å². The van der Waals surface area contributed by atoms with E-state index in [1.165, 1.54) is 12.8 Å². The van der Waals surface area contributed by atoms with Gasteiger partial charge in [0.15, 0.2) is 0 Å². The Morgan fingerprint density at radius 2 is 2.20 bits per heavy atom. The molecule has 0 atom stereocenters. The van der Waals surface area contributed by atoms with Crippen LogP contribution in [0.3, 0.4) is 0 Å². The van der Waals surface area contributed by atoms with E-state index in [1.54, 1.807) is 0 Å². The minimum absolute atomic E-state index is 0.0273. The van der Waals surface area contributed by atoms with Gasteiger partial charge in [-0.3, -0.25) is 4.79 Å². The average Bonchev–Trinajstić information content (AvgIpc) is 1.98.